The van der Waals surface area contributed by atoms with E-state index in [9.17, 15) is 9.59 Å². The summed E-state index contributed by atoms with van der Waals surface area (Å²) in [5, 5.41) is 8.70. The molecule has 2 atom stereocenters. The summed E-state index contributed by atoms with van der Waals surface area (Å²) >= 11 is 0. The molecule has 3 N–H and O–H groups in total. The molecule has 2 fully saturated rings. The van der Waals surface area contributed by atoms with Gasteiger partial charge in [-0.3, -0.25) is 14.9 Å². The van der Waals surface area contributed by atoms with Gasteiger partial charge >= 0.3 is 0 Å². The van der Waals surface area contributed by atoms with Crippen LogP contribution in [-0.2, 0) is 9.59 Å². The van der Waals surface area contributed by atoms with Crippen LogP contribution in [0.2, 0.25) is 0 Å². The lowest BCUT2D eigenvalue weighted by Crippen LogP contribution is -2.58. The molecule has 1 aliphatic carbocycles. The fourth-order valence-corrected chi connectivity index (χ4v) is 2.61. The summed E-state index contributed by atoms with van der Waals surface area (Å²) in [4.78, 5) is 22.9. The predicted octanol–water partition coefficient (Wildman–Crippen LogP) is -0.231. The molecule has 2 unspecified atom stereocenters. The SMILES string of the molecule is CC1(C)CCC(NC(=O)C2CNC(=O)CN2)C1. The number of amides is 2. The molecule has 0 aromatic rings. The summed E-state index contributed by atoms with van der Waals surface area (Å²) in [6.45, 7) is 5.09. The van der Waals surface area contributed by atoms with Crippen molar-refractivity contribution in [1.29, 1.82) is 0 Å². The minimum absolute atomic E-state index is 0.00713. The van der Waals surface area contributed by atoms with Gasteiger partial charge in [0.25, 0.3) is 0 Å². The van der Waals surface area contributed by atoms with Crippen LogP contribution in [0, 0.1) is 5.41 Å². The van der Waals surface area contributed by atoms with Gasteiger partial charge in [-0.05, 0) is 24.7 Å². The average molecular weight is 239 g/mol. The predicted molar refractivity (Wildman–Crippen MR) is 64.4 cm³/mol. The first-order valence-corrected chi connectivity index (χ1v) is 6.27. The number of hydrogen-bond acceptors (Lipinski definition) is 3. The smallest absolute Gasteiger partial charge is 0.239 e. The van der Waals surface area contributed by atoms with Crippen LogP contribution in [0.15, 0.2) is 0 Å². The molecule has 0 spiro atoms. The molecule has 2 amide bonds. The Hall–Kier alpha value is -1.10. The number of hydrogen-bond donors (Lipinski definition) is 3. The highest BCUT2D eigenvalue weighted by atomic mass is 16.2. The Morgan fingerprint density at radius 2 is 2.24 bits per heavy atom. The zero-order valence-electron chi connectivity index (χ0n) is 10.5. The van der Waals surface area contributed by atoms with Gasteiger partial charge in [-0.2, -0.15) is 0 Å². The van der Waals surface area contributed by atoms with Crippen molar-refractivity contribution in [3.05, 3.63) is 0 Å². The van der Waals surface area contributed by atoms with Crippen molar-refractivity contribution >= 4 is 11.8 Å². The molecule has 5 heteroatoms. The Bertz CT molecular complexity index is 318. The molecule has 2 rings (SSSR count). The molecule has 5 nitrogen and oxygen atoms in total. The molecule has 1 saturated carbocycles. The summed E-state index contributed by atoms with van der Waals surface area (Å²) in [5.74, 6) is -0.0382. The quantitative estimate of drug-likeness (QED) is 0.623. The maximum Gasteiger partial charge on any atom is 0.239 e. The van der Waals surface area contributed by atoms with Gasteiger partial charge in [0.1, 0.15) is 6.04 Å². The van der Waals surface area contributed by atoms with Gasteiger partial charge in [-0.1, -0.05) is 13.8 Å². The van der Waals surface area contributed by atoms with Crippen LogP contribution >= 0.6 is 0 Å². The van der Waals surface area contributed by atoms with Crippen LogP contribution in [-0.4, -0.2) is 37.0 Å². The normalized spacial score (nSPS) is 32.0. The number of piperazine rings is 1. The topological polar surface area (TPSA) is 70.2 Å². The number of nitrogens with one attached hydrogen (secondary N) is 3. The third-order valence-corrected chi connectivity index (χ3v) is 3.64. The average Bonchev–Trinajstić information content (AvgIpc) is 2.59. The second-order valence-corrected chi connectivity index (χ2v) is 5.85. The molecule has 0 aromatic carbocycles. The van der Waals surface area contributed by atoms with E-state index in [0.717, 1.165) is 19.3 Å². The summed E-state index contributed by atoms with van der Waals surface area (Å²) in [6.07, 6.45) is 3.25. The van der Waals surface area contributed by atoms with Crippen molar-refractivity contribution in [2.75, 3.05) is 13.1 Å². The van der Waals surface area contributed by atoms with Crippen LogP contribution in [0.4, 0.5) is 0 Å². The van der Waals surface area contributed by atoms with Gasteiger partial charge in [0.05, 0.1) is 6.54 Å². The number of carbonyl (C=O) groups is 2. The van der Waals surface area contributed by atoms with Crippen molar-refractivity contribution < 1.29 is 9.59 Å². The van der Waals surface area contributed by atoms with Gasteiger partial charge in [-0.25, -0.2) is 0 Å². The van der Waals surface area contributed by atoms with Gasteiger partial charge in [0.2, 0.25) is 11.8 Å². The molecule has 0 radical (unpaired) electrons. The summed E-state index contributed by atoms with van der Waals surface area (Å²) in [7, 11) is 0. The Labute approximate surface area is 102 Å². The lowest BCUT2D eigenvalue weighted by atomic mass is 9.92. The molecule has 17 heavy (non-hydrogen) atoms. The Morgan fingerprint density at radius 3 is 2.76 bits per heavy atom. The fraction of sp³-hybridized carbons (Fsp3) is 0.833. The molecule has 2 aliphatic rings. The maximum absolute atomic E-state index is 11.9. The van der Waals surface area contributed by atoms with E-state index in [0.29, 0.717) is 12.0 Å². The zero-order valence-corrected chi connectivity index (χ0v) is 10.5. The minimum atomic E-state index is -0.281. The second kappa shape index (κ2) is 4.64. The van der Waals surface area contributed by atoms with Crippen LogP contribution in [0.5, 0.6) is 0 Å². The first-order valence-electron chi connectivity index (χ1n) is 6.27. The highest BCUT2D eigenvalue weighted by Gasteiger charge is 2.33. The summed E-state index contributed by atoms with van der Waals surface area (Å²) in [5.41, 5.74) is 0.339. The van der Waals surface area contributed by atoms with E-state index in [1.165, 1.54) is 0 Å². The summed E-state index contributed by atoms with van der Waals surface area (Å²) in [6, 6.07) is 0.00772. The Balaban J connectivity index is 1.80. The first-order chi connectivity index (χ1) is 7.96. The van der Waals surface area contributed by atoms with Crippen molar-refractivity contribution in [3.8, 4) is 0 Å². The Kier molecular flexibility index (Phi) is 3.38. The van der Waals surface area contributed by atoms with Crippen LogP contribution in [0.1, 0.15) is 33.1 Å². The molecule has 0 bridgehead atoms. The molecule has 96 valence electrons. The zero-order chi connectivity index (χ0) is 12.5. The van der Waals surface area contributed by atoms with Crippen LogP contribution in [0.25, 0.3) is 0 Å². The van der Waals surface area contributed by atoms with E-state index in [2.05, 4.69) is 29.8 Å². The molecular formula is C12H21N3O2. The van der Waals surface area contributed by atoms with E-state index in [1.807, 2.05) is 0 Å². The molecule has 1 aliphatic heterocycles. The van der Waals surface area contributed by atoms with Gasteiger partial charge in [0.15, 0.2) is 0 Å². The largest absolute Gasteiger partial charge is 0.353 e. The van der Waals surface area contributed by atoms with Crippen LogP contribution in [0.3, 0.4) is 0 Å². The van der Waals surface area contributed by atoms with Gasteiger partial charge < -0.3 is 10.6 Å². The monoisotopic (exact) mass is 239 g/mol. The minimum Gasteiger partial charge on any atom is -0.353 e. The van der Waals surface area contributed by atoms with E-state index in [-0.39, 0.29) is 30.4 Å². The molecule has 0 aromatic heterocycles. The lowest BCUT2D eigenvalue weighted by molar-refractivity contribution is -0.127. The van der Waals surface area contributed by atoms with Gasteiger partial charge in [-0.15, -0.1) is 0 Å². The lowest BCUT2D eigenvalue weighted by Gasteiger charge is -2.25. The first kappa shape index (κ1) is 12.4. The Morgan fingerprint density at radius 1 is 1.47 bits per heavy atom. The highest BCUT2D eigenvalue weighted by molar-refractivity contribution is 5.86. The van der Waals surface area contributed by atoms with E-state index < -0.39 is 0 Å². The van der Waals surface area contributed by atoms with Crippen molar-refractivity contribution in [2.24, 2.45) is 5.41 Å². The third-order valence-electron chi connectivity index (χ3n) is 3.64. The molecule has 1 heterocycles. The van der Waals surface area contributed by atoms with E-state index >= 15 is 0 Å². The van der Waals surface area contributed by atoms with E-state index in [1.54, 1.807) is 0 Å². The fourth-order valence-electron chi connectivity index (χ4n) is 2.61. The highest BCUT2D eigenvalue weighted by Crippen LogP contribution is 2.36. The van der Waals surface area contributed by atoms with Gasteiger partial charge in [0, 0.05) is 12.6 Å². The number of carbonyl (C=O) groups excluding carboxylic acids is 2. The maximum atomic E-state index is 11.9. The van der Waals surface area contributed by atoms with E-state index in [4.69, 9.17) is 0 Å². The molecule has 1 saturated heterocycles. The third kappa shape index (κ3) is 3.19. The van der Waals surface area contributed by atoms with Crippen molar-refractivity contribution in [3.63, 3.8) is 0 Å². The second-order valence-electron chi connectivity index (χ2n) is 5.85. The molecular weight excluding hydrogens is 218 g/mol. The van der Waals surface area contributed by atoms with Crippen molar-refractivity contribution in [2.45, 2.75) is 45.2 Å². The number of rotatable bonds is 2. The summed E-state index contributed by atoms with van der Waals surface area (Å²) < 4.78 is 0. The van der Waals surface area contributed by atoms with Crippen LogP contribution < -0.4 is 16.0 Å². The van der Waals surface area contributed by atoms with Crippen molar-refractivity contribution in [1.82, 2.24) is 16.0 Å². The standard InChI is InChI=1S/C12H21N3O2/c1-12(2)4-3-8(5-12)15-11(17)9-6-14-10(16)7-13-9/h8-9,13H,3-7H2,1-2H3,(H,14,16)(H,15,17).